The number of rotatable bonds is 9. The third-order valence-corrected chi connectivity index (χ3v) is 2.47. The first-order valence-electron chi connectivity index (χ1n) is 6.37. The Balaban J connectivity index is 2.14. The molecule has 1 N–H and O–H groups in total. The minimum Gasteiger partial charge on any atom is -0.494 e. The summed E-state index contributed by atoms with van der Waals surface area (Å²) < 4.78 is 11.0. The van der Waals surface area contributed by atoms with E-state index in [0.717, 1.165) is 31.1 Å². The second kappa shape index (κ2) is 8.88. The topological polar surface area (TPSA) is 30.5 Å². The normalized spacial score (nSPS) is 10.2. The number of benzene rings is 1. The van der Waals surface area contributed by atoms with E-state index in [0.29, 0.717) is 6.61 Å². The molecule has 1 aromatic rings. The van der Waals surface area contributed by atoms with Crippen molar-refractivity contribution in [1.29, 1.82) is 0 Å². The molecule has 3 nitrogen and oxygen atoms in total. The Kier molecular flexibility index (Phi) is 7.23. The van der Waals surface area contributed by atoms with Gasteiger partial charge in [0, 0.05) is 0 Å². The molecule has 0 heterocycles. The molecule has 3 heteroatoms. The highest BCUT2D eigenvalue weighted by atomic mass is 16.5. The SMILES string of the molecule is CCOc1ccc(OCCCCCNC)cc1. The minimum atomic E-state index is 0.700. The maximum Gasteiger partial charge on any atom is 0.119 e. The van der Waals surface area contributed by atoms with Crippen LogP contribution in [0.5, 0.6) is 11.5 Å². The number of ether oxygens (including phenoxy) is 2. The highest BCUT2D eigenvalue weighted by molar-refractivity contribution is 5.31. The molecule has 0 radical (unpaired) electrons. The van der Waals surface area contributed by atoms with Crippen LogP contribution in [-0.4, -0.2) is 26.8 Å². The zero-order valence-corrected chi connectivity index (χ0v) is 10.9. The molecule has 17 heavy (non-hydrogen) atoms. The van der Waals surface area contributed by atoms with Crippen molar-refractivity contribution in [2.45, 2.75) is 26.2 Å². The molecule has 1 rings (SSSR count). The number of nitrogens with one attached hydrogen (secondary N) is 1. The highest BCUT2D eigenvalue weighted by Crippen LogP contribution is 2.17. The summed E-state index contributed by atoms with van der Waals surface area (Å²) in [4.78, 5) is 0. The maximum atomic E-state index is 5.64. The molecule has 0 spiro atoms. The van der Waals surface area contributed by atoms with Crippen LogP contribution in [0.4, 0.5) is 0 Å². The summed E-state index contributed by atoms with van der Waals surface area (Å²) in [5.41, 5.74) is 0. The predicted molar refractivity (Wildman–Crippen MR) is 70.9 cm³/mol. The van der Waals surface area contributed by atoms with E-state index >= 15 is 0 Å². The van der Waals surface area contributed by atoms with Gasteiger partial charge in [0.25, 0.3) is 0 Å². The largest absolute Gasteiger partial charge is 0.494 e. The fourth-order valence-electron chi connectivity index (χ4n) is 1.57. The Labute approximate surface area is 104 Å². The van der Waals surface area contributed by atoms with Crippen LogP contribution in [-0.2, 0) is 0 Å². The van der Waals surface area contributed by atoms with Gasteiger partial charge in [-0.15, -0.1) is 0 Å². The van der Waals surface area contributed by atoms with Gasteiger partial charge in [-0.2, -0.15) is 0 Å². The Morgan fingerprint density at radius 3 is 2.18 bits per heavy atom. The van der Waals surface area contributed by atoms with Crippen LogP contribution in [0.3, 0.4) is 0 Å². The van der Waals surface area contributed by atoms with Gasteiger partial charge in [0.2, 0.25) is 0 Å². The molecule has 0 bridgehead atoms. The highest BCUT2D eigenvalue weighted by Gasteiger charge is 1.95. The summed E-state index contributed by atoms with van der Waals surface area (Å²) in [7, 11) is 1.98. The zero-order valence-electron chi connectivity index (χ0n) is 10.9. The van der Waals surface area contributed by atoms with E-state index < -0.39 is 0 Å². The summed E-state index contributed by atoms with van der Waals surface area (Å²) in [5.74, 6) is 1.82. The quantitative estimate of drug-likeness (QED) is 0.670. The second-order valence-corrected chi connectivity index (χ2v) is 3.92. The van der Waals surface area contributed by atoms with E-state index in [1.807, 2.05) is 38.2 Å². The Morgan fingerprint density at radius 1 is 0.941 bits per heavy atom. The lowest BCUT2D eigenvalue weighted by atomic mass is 10.2. The third kappa shape index (κ3) is 6.17. The van der Waals surface area contributed by atoms with Crippen LogP contribution < -0.4 is 14.8 Å². The molecular formula is C14H23NO2. The molecule has 0 aliphatic heterocycles. The van der Waals surface area contributed by atoms with E-state index in [-0.39, 0.29) is 0 Å². The fraction of sp³-hybridized carbons (Fsp3) is 0.571. The van der Waals surface area contributed by atoms with Gasteiger partial charge in [-0.25, -0.2) is 0 Å². The van der Waals surface area contributed by atoms with Gasteiger partial charge in [-0.3, -0.25) is 0 Å². The smallest absolute Gasteiger partial charge is 0.119 e. The molecular weight excluding hydrogens is 214 g/mol. The van der Waals surface area contributed by atoms with Crippen LogP contribution in [0, 0.1) is 0 Å². The summed E-state index contributed by atoms with van der Waals surface area (Å²) in [5, 5.41) is 3.14. The van der Waals surface area contributed by atoms with Gasteiger partial charge in [0.05, 0.1) is 13.2 Å². The van der Waals surface area contributed by atoms with Crippen molar-refractivity contribution in [2.75, 3.05) is 26.8 Å². The van der Waals surface area contributed by atoms with E-state index in [1.165, 1.54) is 12.8 Å². The summed E-state index contributed by atoms with van der Waals surface area (Å²) >= 11 is 0. The molecule has 0 aliphatic carbocycles. The molecule has 0 saturated carbocycles. The van der Waals surface area contributed by atoms with Crippen LogP contribution in [0.1, 0.15) is 26.2 Å². The number of unbranched alkanes of at least 4 members (excludes halogenated alkanes) is 2. The van der Waals surface area contributed by atoms with Crippen LogP contribution in [0.2, 0.25) is 0 Å². The van der Waals surface area contributed by atoms with Crippen molar-refractivity contribution in [3.63, 3.8) is 0 Å². The molecule has 0 aromatic heterocycles. The van der Waals surface area contributed by atoms with Gasteiger partial charge in [0.1, 0.15) is 11.5 Å². The van der Waals surface area contributed by atoms with Crippen molar-refractivity contribution in [1.82, 2.24) is 5.32 Å². The first-order chi connectivity index (χ1) is 8.36. The van der Waals surface area contributed by atoms with Crippen molar-refractivity contribution in [3.8, 4) is 11.5 Å². The first-order valence-corrected chi connectivity index (χ1v) is 6.37. The van der Waals surface area contributed by atoms with Crippen LogP contribution in [0.15, 0.2) is 24.3 Å². The lowest BCUT2D eigenvalue weighted by Crippen LogP contribution is -2.07. The number of hydrogen-bond donors (Lipinski definition) is 1. The van der Waals surface area contributed by atoms with E-state index in [1.54, 1.807) is 0 Å². The van der Waals surface area contributed by atoms with E-state index in [9.17, 15) is 0 Å². The molecule has 0 saturated heterocycles. The molecule has 0 atom stereocenters. The van der Waals surface area contributed by atoms with Crippen molar-refractivity contribution in [2.24, 2.45) is 0 Å². The fourth-order valence-corrected chi connectivity index (χ4v) is 1.57. The molecule has 1 aromatic carbocycles. The van der Waals surface area contributed by atoms with Crippen LogP contribution in [0.25, 0.3) is 0 Å². The molecule has 0 amide bonds. The minimum absolute atomic E-state index is 0.700. The standard InChI is InChI=1S/C14H23NO2/c1-3-16-13-7-9-14(10-8-13)17-12-6-4-5-11-15-2/h7-10,15H,3-6,11-12H2,1-2H3. The average molecular weight is 237 g/mol. The van der Waals surface area contributed by atoms with Gasteiger partial charge >= 0.3 is 0 Å². The van der Waals surface area contributed by atoms with E-state index in [4.69, 9.17) is 9.47 Å². The zero-order chi connectivity index (χ0) is 12.3. The summed E-state index contributed by atoms with van der Waals surface area (Å²) in [6, 6.07) is 7.80. The molecule has 96 valence electrons. The Bertz CT molecular complexity index is 285. The van der Waals surface area contributed by atoms with Crippen molar-refractivity contribution < 1.29 is 9.47 Å². The Hall–Kier alpha value is -1.22. The molecule has 0 unspecified atom stereocenters. The van der Waals surface area contributed by atoms with Crippen molar-refractivity contribution in [3.05, 3.63) is 24.3 Å². The monoisotopic (exact) mass is 237 g/mol. The lowest BCUT2D eigenvalue weighted by Gasteiger charge is -2.07. The van der Waals surface area contributed by atoms with Crippen molar-refractivity contribution >= 4 is 0 Å². The van der Waals surface area contributed by atoms with Gasteiger partial charge in [0.15, 0.2) is 0 Å². The average Bonchev–Trinajstić information content (AvgIpc) is 2.36. The van der Waals surface area contributed by atoms with Gasteiger partial charge in [-0.1, -0.05) is 0 Å². The first kappa shape index (κ1) is 13.8. The third-order valence-electron chi connectivity index (χ3n) is 2.47. The van der Waals surface area contributed by atoms with Gasteiger partial charge in [-0.05, 0) is 64.0 Å². The molecule has 0 aliphatic rings. The lowest BCUT2D eigenvalue weighted by molar-refractivity contribution is 0.303. The second-order valence-electron chi connectivity index (χ2n) is 3.92. The Morgan fingerprint density at radius 2 is 1.59 bits per heavy atom. The number of hydrogen-bond acceptors (Lipinski definition) is 3. The van der Waals surface area contributed by atoms with E-state index in [2.05, 4.69) is 5.32 Å². The maximum absolute atomic E-state index is 5.64. The molecule has 0 fully saturated rings. The summed E-state index contributed by atoms with van der Waals surface area (Å²) in [6.45, 7) is 4.56. The van der Waals surface area contributed by atoms with Gasteiger partial charge < -0.3 is 14.8 Å². The summed E-state index contributed by atoms with van der Waals surface area (Å²) in [6.07, 6.45) is 3.52. The predicted octanol–water partition coefficient (Wildman–Crippen LogP) is 2.85. The van der Waals surface area contributed by atoms with Crippen LogP contribution >= 0.6 is 0 Å².